The van der Waals surface area contributed by atoms with Crippen molar-refractivity contribution in [3.63, 3.8) is 0 Å². The second-order valence-corrected chi connectivity index (χ2v) is 26.5. The molecule has 0 aliphatic carbocycles. The smallest absolute Gasteiger partial charge is 0.187 e. The fourth-order valence-electron chi connectivity index (χ4n) is 12.2. The summed E-state index contributed by atoms with van der Waals surface area (Å²) in [5, 5.41) is 20.5. The molecule has 2 heterocycles. The van der Waals surface area contributed by atoms with Crippen molar-refractivity contribution >= 4 is 115 Å². The highest BCUT2D eigenvalue weighted by Gasteiger charge is 2.50. The minimum Gasteiger partial charge on any atom is -0.310 e. The Kier molecular flexibility index (Phi) is 11.2. The molecule has 7 heteroatoms. The van der Waals surface area contributed by atoms with Crippen molar-refractivity contribution in [2.45, 2.75) is 0 Å². The molecule has 0 atom stereocenters. The van der Waals surface area contributed by atoms with Crippen molar-refractivity contribution in [2.24, 2.45) is 0 Å². The van der Waals surface area contributed by atoms with Crippen LogP contribution in [-0.2, 0) is 0 Å². The zero-order valence-electron chi connectivity index (χ0n) is 40.9. The average Bonchev–Trinajstić information content (AvgIpc) is 3.51. The lowest BCUT2D eigenvalue weighted by Gasteiger charge is -2.46. The first kappa shape index (κ1) is 45.1. The van der Waals surface area contributed by atoms with Crippen LogP contribution in [0.15, 0.2) is 285 Å². The zero-order valence-corrected chi connectivity index (χ0v) is 42.9. The van der Waals surface area contributed by atoms with E-state index in [0.717, 1.165) is 51.2 Å². The first-order chi connectivity index (χ1) is 37.1. The molecule has 0 unspecified atom stereocenters. The molecule has 0 fully saturated rings. The summed E-state index contributed by atoms with van der Waals surface area (Å²) in [6.45, 7) is 7.87. The van der Waals surface area contributed by atoms with E-state index in [9.17, 15) is 5.26 Å². The molecule has 2 aliphatic heterocycles. The van der Waals surface area contributed by atoms with Crippen LogP contribution in [0.4, 0.5) is 56.9 Å². The number of benzene rings is 11. The Morgan fingerprint density at radius 3 is 0.973 bits per heavy atom. The van der Waals surface area contributed by atoms with Gasteiger partial charge in [0, 0.05) is 34.1 Å². The van der Waals surface area contributed by atoms with Crippen LogP contribution in [0.1, 0.15) is 5.56 Å². The predicted molar refractivity (Wildman–Crippen MR) is 316 cm³/mol. The third-order valence-electron chi connectivity index (χ3n) is 15.2. The third-order valence-corrected chi connectivity index (χ3v) is 24.9. The van der Waals surface area contributed by atoms with Crippen molar-refractivity contribution in [2.75, 3.05) is 14.7 Å². The molecular weight excluding hydrogens is 943 g/mol. The summed E-state index contributed by atoms with van der Waals surface area (Å²) in [6, 6.07) is 106. The molecule has 5 nitrogen and oxygen atoms in total. The number of rotatable bonds is 9. The Balaban J connectivity index is 1.13. The molecule has 2 aliphatic rings. The van der Waals surface area contributed by atoms with Gasteiger partial charge in [0.2, 0.25) is 0 Å². The van der Waals surface area contributed by atoms with Crippen LogP contribution in [0.5, 0.6) is 0 Å². The fraction of sp³-hybridized carbons (Fsp3) is 0. The van der Waals surface area contributed by atoms with Crippen LogP contribution in [0.25, 0.3) is 4.85 Å². The lowest BCUT2D eigenvalue weighted by atomic mass is 10.1. The van der Waals surface area contributed by atoms with Gasteiger partial charge in [0.25, 0.3) is 0 Å². The summed E-state index contributed by atoms with van der Waals surface area (Å²) in [7, 11) is -5.88. The van der Waals surface area contributed by atoms with Crippen molar-refractivity contribution in [1.29, 1.82) is 5.26 Å². The highest BCUT2D eigenvalue weighted by molar-refractivity contribution is 7.22. The number of hydrogen-bond donors (Lipinski definition) is 0. The van der Waals surface area contributed by atoms with Gasteiger partial charge in [-0.2, -0.15) is 5.26 Å². The normalized spacial score (nSPS) is 13.5. The Bertz CT molecular complexity index is 3550. The number of fused-ring (bicyclic) bond motifs is 4. The minimum atomic E-state index is -2.94. The van der Waals surface area contributed by atoms with Gasteiger partial charge in [-0.25, -0.2) is 4.85 Å². The number of hydrogen-bond acceptors (Lipinski definition) is 4. The van der Waals surface area contributed by atoms with E-state index in [1.54, 1.807) is 0 Å². The van der Waals surface area contributed by atoms with E-state index in [0.29, 0.717) is 11.3 Å². The molecule has 0 saturated heterocycles. The maximum atomic E-state index is 10.0. The predicted octanol–water partition coefficient (Wildman–Crippen LogP) is 11.9. The van der Waals surface area contributed by atoms with Gasteiger partial charge in [-0.1, -0.05) is 206 Å². The van der Waals surface area contributed by atoms with Crippen molar-refractivity contribution in [1.82, 2.24) is 0 Å². The molecule has 13 rings (SSSR count). The zero-order chi connectivity index (χ0) is 50.3. The van der Waals surface area contributed by atoms with Gasteiger partial charge in [-0.15, -0.1) is 0 Å². The number of nitriles is 1. The molecule has 0 N–H and O–H groups in total. The number of anilines is 9. The van der Waals surface area contributed by atoms with Gasteiger partial charge in [-0.05, 0) is 120 Å². The fourth-order valence-corrected chi connectivity index (χ4v) is 22.4. The van der Waals surface area contributed by atoms with E-state index in [1.165, 1.54) is 41.5 Å². The highest BCUT2D eigenvalue weighted by atomic mass is 28.3. The molecule has 0 amide bonds. The van der Waals surface area contributed by atoms with E-state index in [4.69, 9.17) is 6.57 Å². The van der Waals surface area contributed by atoms with Crippen LogP contribution in [0.2, 0.25) is 0 Å². The van der Waals surface area contributed by atoms with Gasteiger partial charge in [0.1, 0.15) is 0 Å². The molecule has 11 aromatic rings. The summed E-state index contributed by atoms with van der Waals surface area (Å²) in [5.41, 5.74) is 10.3. The minimum absolute atomic E-state index is 0.560. The summed E-state index contributed by atoms with van der Waals surface area (Å²) < 4.78 is 0. The highest BCUT2D eigenvalue weighted by Crippen LogP contribution is 2.48. The van der Waals surface area contributed by atoms with Gasteiger partial charge < -0.3 is 14.7 Å². The molecule has 0 spiro atoms. The molecule has 11 aromatic carbocycles. The van der Waals surface area contributed by atoms with E-state index in [2.05, 4.69) is 262 Å². The second kappa shape index (κ2) is 18.7. The lowest BCUT2D eigenvalue weighted by molar-refractivity contribution is 1.22. The lowest BCUT2D eigenvalue weighted by Crippen LogP contribution is -2.77. The Labute approximate surface area is 440 Å². The average molecular weight is 990 g/mol. The number of para-hydroxylation sites is 4. The summed E-state index contributed by atoms with van der Waals surface area (Å²) in [4.78, 5) is 11.0. The molecule has 352 valence electrons. The van der Waals surface area contributed by atoms with Crippen LogP contribution >= 0.6 is 0 Å². The first-order valence-corrected chi connectivity index (χ1v) is 29.3. The van der Waals surface area contributed by atoms with Crippen LogP contribution in [0.3, 0.4) is 0 Å². The van der Waals surface area contributed by atoms with E-state index >= 15 is 0 Å². The van der Waals surface area contributed by atoms with Crippen LogP contribution in [-0.4, -0.2) is 16.1 Å². The third kappa shape index (κ3) is 7.17. The Hall–Kier alpha value is -9.77. The topological polar surface area (TPSA) is 37.9 Å². The van der Waals surface area contributed by atoms with Gasteiger partial charge in [0.05, 0.1) is 35.3 Å². The monoisotopic (exact) mass is 989 g/mol. The molecule has 0 radical (unpaired) electrons. The van der Waals surface area contributed by atoms with Gasteiger partial charge in [-0.3, -0.25) is 0 Å². The molecule has 0 saturated carbocycles. The number of nitrogens with zero attached hydrogens (tertiary/aromatic N) is 5. The maximum absolute atomic E-state index is 10.0. The van der Waals surface area contributed by atoms with Gasteiger partial charge in [0.15, 0.2) is 21.8 Å². The Morgan fingerprint density at radius 1 is 0.347 bits per heavy atom. The van der Waals surface area contributed by atoms with E-state index in [1.807, 2.05) is 48.5 Å². The van der Waals surface area contributed by atoms with Crippen LogP contribution in [0, 0.1) is 17.9 Å². The van der Waals surface area contributed by atoms with Crippen molar-refractivity contribution < 1.29 is 0 Å². The molecule has 0 aromatic heterocycles. The second-order valence-electron chi connectivity index (χ2n) is 19.0. The van der Waals surface area contributed by atoms with E-state index < -0.39 is 16.1 Å². The molecule has 0 bridgehead atoms. The van der Waals surface area contributed by atoms with E-state index in [-0.39, 0.29) is 0 Å². The molecular formula is C68H47N5Si2. The maximum Gasteiger partial charge on any atom is 0.187 e. The molecule has 75 heavy (non-hydrogen) atoms. The van der Waals surface area contributed by atoms with Gasteiger partial charge >= 0.3 is 0 Å². The Morgan fingerprint density at radius 2 is 0.653 bits per heavy atom. The first-order valence-electron chi connectivity index (χ1n) is 25.3. The largest absolute Gasteiger partial charge is 0.310 e. The van der Waals surface area contributed by atoms with Crippen LogP contribution < -0.4 is 56.2 Å². The summed E-state index contributed by atoms with van der Waals surface area (Å²) in [5.74, 6) is 0. The standard InChI is InChI=1S/C68H47N5Si2/c1-70-51-40-44-53(45-41-51)71(52-42-38-50(49-69)39-43-52)54-46-55(72-61-30-14-18-34-65(61)74(57-22-6-2-7-23-57,58-24-8-3-9-25-58)66-35-19-15-31-62(66)72)48-56(47-54)73-63-32-16-20-36-67(63)75(59-26-10-4-11-27-59,60-28-12-5-13-29-60)68-37-21-17-33-64(68)73/h2-48H. The quantitative estimate of drug-likeness (QED) is 0.107. The summed E-state index contributed by atoms with van der Waals surface area (Å²) in [6.07, 6.45) is 0. The summed E-state index contributed by atoms with van der Waals surface area (Å²) >= 11 is 0. The SMILES string of the molecule is [C-]#[N+]c1ccc(N(c2ccc(C#N)cc2)c2cc(N3c4ccccc4[Si](c4ccccc4)(c4ccccc4)c4ccccc43)cc(N3c4ccccc4[Si](c4ccccc4)(c4ccccc4)c4ccccc43)c2)cc1. The van der Waals surface area contributed by atoms with Crippen molar-refractivity contribution in [3.8, 4) is 6.07 Å². The van der Waals surface area contributed by atoms with Crippen molar-refractivity contribution in [3.05, 3.63) is 302 Å².